The molecule has 0 saturated heterocycles. The molecule has 1 atom stereocenters. The summed E-state index contributed by atoms with van der Waals surface area (Å²) in [7, 11) is 0. The summed E-state index contributed by atoms with van der Waals surface area (Å²) in [6.07, 6.45) is 0.942. The van der Waals surface area contributed by atoms with Crippen LogP contribution in [0, 0.1) is 5.92 Å². The SMILES string of the molecule is CC(CN)Cc1ccc2c(c1)C(=O)NC2. The van der Waals surface area contributed by atoms with Crippen LogP contribution in [0.5, 0.6) is 0 Å². The van der Waals surface area contributed by atoms with E-state index in [2.05, 4.69) is 18.3 Å². The Morgan fingerprint density at radius 2 is 2.33 bits per heavy atom. The van der Waals surface area contributed by atoms with E-state index < -0.39 is 0 Å². The highest BCUT2D eigenvalue weighted by Gasteiger charge is 2.18. The Kier molecular flexibility index (Phi) is 2.73. The normalized spacial score (nSPS) is 16.0. The highest BCUT2D eigenvalue weighted by Crippen LogP contribution is 2.18. The van der Waals surface area contributed by atoms with E-state index >= 15 is 0 Å². The molecule has 3 nitrogen and oxygen atoms in total. The smallest absolute Gasteiger partial charge is 0.251 e. The van der Waals surface area contributed by atoms with Gasteiger partial charge in [-0.3, -0.25) is 4.79 Å². The molecule has 1 amide bonds. The zero-order chi connectivity index (χ0) is 10.8. The molecule has 1 aromatic rings. The molecular weight excluding hydrogens is 188 g/mol. The Labute approximate surface area is 89.7 Å². The van der Waals surface area contributed by atoms with Gasteiger partial charge in [0.25, 0.3) is 5.91 Å². The first-order chi connectivity index (χ1) is 7.20. The largest absolute Gasteiger partial charge is 0.348 e. The van der Waals surface area contributed by atoms with Crippen molar-refractivity contribution in [1.29, 1.82) is 0 Å². The van der Waals surface area contributed by atoms with Crippen LogP contribution in [-0.2, 0) is 13.0 Å². The fourth-order valence-corrected chi connectivity index (χ4v) is 1.87. The maximum absolute atomic E-state index is 11.4. The molecule has 1 unspecified atom stereocenters. The van der Waals surface area contributed by atoms with Gasteiger partial charge in [-0.25, -0.2) is 0 Å². The molecule has 1 aliphatic rings. The van der Waals surface area contributed by atoms with Crippen LogP contribution in [0.25, 0.3) is 0 Å². The van der Waals surface area contributed by atoms with E-state index in [-0.39, 0.29) is 5.91 Å². The number of hydrogen-bond donors (Lipinski definition) is 2. The molecule has 0 saturated carbocycles. The van der Waals surface area contributed by atoms with Crippen molar-refractivity contribution in [2.45, 2.75) is 19.9 Å². The summed E-state index contributed by atoms with van der Waals surface area (Å²) in [6, 6.07) is 6.11. The minimum Gasteiger partial charge on any atom is -0.348 e. The Hall–Kier alpha value is -1.35. The van der Waals surface area contributed by atoms with Gasteiger partial charge < -0.3 is 11.1 Å². The standard InChI is InChI=1S/C12H16N2O/c1-8(6-13)4-9-2-3-10-7-14-12(15)11(10)5-9/h2-3,5,8H,4,6-7,13H2,1H3,(H,14,15). The van der Waals surface area contributed by atoms with Gasteiger partial charge in [-0.1, -0.05) is 19.1 Å². The van der Waals surface area contributed by atoms with Crippen LogP contribution in [0.1, 0.15) is 28.4 Å². The van der Waals surface area contributed by atoms with E-state index in [1.165, 1.54) is 5.56 Å². The molecule has 0 aliphatic carbocycles. The first kappa shape index (κ1) is 10.2. The fourth-order valence-electron chi connectivity index (χ4n) is 1.87. The molecular formula is C12H16N2O. The Morgan fingerprint density at radius 3 is 3.07 bits per heavy atom. The zero-order valence-corrected chi connectivity index (χ0v) is 8.92. The monoisotopic (exact) mass is 204 g/mol. The molecule has 1 heterocycles. The van der Waals surface area contributed by atoms with E-state index in [9.17, 15) is 4.79 Å². The van der Waals surface area contributed by atoms with Crippen molar-refractivity contribution in [2.24, 2.45) is 11.7 Å². The quantitative estimate of drug-likeness (QED) is 0.773. The fraction of sp³-hybridized carbons (Fsp3) is 0.417. The number of carbonyl (C=O) groups excluding carboxylic acids is 1. The van der Waals surface area contributed by atoms with Gasteiger partial charge in [0.1, 0.15) is 0 Å². The van der Waals surface area contributed by atoms with Crippen LogP contribution >= 0.6 is 0 Å². The van der Waals surface area contributed by atoms with Crippen molar-refractivity contribution in [3.63, 3.8) is 0 Å². The second-order valence-corrected chi connectivity index (χ2v) is 4.22. The number of nitrogens with two attached hydrogens (primary N) is 1. The van der Waals surface area contributed by atoms with Gasteiger partial charge >= 0.3 is 0 Å². The molecule has 0 spiro atoms. The number of fused-ring (bicyclic) bond motifs is 1. The van der Waals surface area contributed by atoms with Gasteiger partial charge in [0.05, 0.1) is 0 Å². The third-order valence-electron chi connectivity index (χ3n) is 2.84. The van der Waals surface area contributed by atoms with Crippen molar-refractivity contribution in [3.05, 3.63) is 34.9 Å². The highest BCUT2D eigenvalue weighted by atomic mass is 16.1. The number of benzene rings is 1. The molecule has 3 heteroatoms. The third-order valence-corrected chi connectivity index (χ3v) is 2.84. The van der Waals surface area contributed by atoms with Gasteiger partial charge in [-0.15, -0.1) is 0 Å². The molecule has 15 heavy (non-hydrogen) atoms. The van der Waals surface area contributed by atoms with Gasteiger partial charge in [0.15, 0.2) is 0 Å². The summed E-state index contributed by atoms with van der Waals surface area (Å²) in [5.41, 5.74) is 8.71. The molecule has 0 aromatic heterocycles. The Balaban J connectivity index is 2.22. The molecule has 2 rings (SSSR count). The summed E-state index contributed by atoms with van der Waals surface area (Å²) in [5, 5.41) is 2.82. The van der Waals surface area contributed by atoms with E-state index in [1.807, 2.05) is 12.1 Å². The third kappa shape index (κ3) is 2.02. The molecule has 0 radical (unpaired) electrons. The van der Waals surface area contributed by atoms with E-state index in [1.54, 1.807) is 0 Å². The lowest BCUT2D eigenvalue weighted by molar-refractivity contribution is 0.0965. The van der Waals surface area contributed by atoms with Crippen LogP contribution in [-0.4, -0.2) is 12.5 Å². The topological polar surface area (TPSA) is 55.1 Å². The van der Waals surface area contributed by atoms with Crippen LogP contribution in [0.15, 0.2) is 18.2 Å². The summed E-state index contributed by atoms with van der Waals surface area (Å²) in [4.78, 5) is 11.4. The number of carbonyl (C=O) groups is 1. The molecule has 80 valence electrons. The lowest BCUT2D eigenvalue weighted by atomic mass is 9.98. The average Bonchev–Trinajstić information content (AvgIpc) is 2.60. The van der Waals surface area contributed by atoms with Gasteiger partial charge in [0, 0.05) is 12.1 Å². The first-order valence-electron chi connectivity index (χ1n) is 5.30. The highest BCUT2D eigenvalue weighted by molar-refractivity contribution is 5.98. The lowest BCUT2D eigenvalue weighted by Gasteiger charge is -2.08. The zero-order valence-electron chi connectivity index (χ0n) is 8.92. The Morgan fingerprint density at radius 1 is 1.53 bits per heavy atom. The molecule has 0 bridgehead atoms. The number of rotatable bonds is 3. The van der Waals surface area contributed by atoms with Gasteiger partial charge in [0.2, 0.25) is 0 Å². The summed E-state index contributed by atoms with van der Waals surface area (Å²) < 4.78 is 0. The van der Waals surface area contributed by atoms with Crippen molar-refractivity contribution < 1.29 is 4.79 Å². The average molecular weight is 204 g/mol. The summed E-state index contributed by atoms with van der Waals surface area (Å²) in [6.45, 7) is 3.47. The minimum atomic E-state index is 0.0484. The van der Waals surface area contributed by atoms with Gasteiger partial charge in [-0.05, 0) is 36.1 Å². The Bertz CT molecular complexity index is 387. The molecule has 0 fully saturated rings. The van der Waals surface area contributed by atoms with Crippen LogP contribution in [0.4, 0.5) is 0 Å². The van der Waals surface area contributed by atoms with Crippen molar-refractivity contribution in [2.75, 3.05) is 6.54 Å². The second kappa shape index (κ2) is 4.03. The first-order valence-corrected chi connectivity index (χ1v) is 5.30. The molecule has 3 N–H and O–H groups in total. The van der Waals surface area contributed by atoms with Crippen LogP contribution in [0.2, 0.25) is 0 Å². The molecule has 1 aromatic carbocycles. The second-order valence-electron chi connectivity index (χ2n) is 4.22. The maximum atomic E-state index is 11.4. The maximum Gasteiger partial charge on any atom is 0.251 e. The van der Waals surface area contributed by atoms with E-state index in [0.29, 0.717) is 19.0 Å². The van der Waals surface area contributed by atoms with Crippen LogP contribution < -0.4 is 11.1 Å². The number of hydrogen-bond acceptors (Lipinski definition) is 2. The van der Waals surface area contributed by atoms with E-state index in [4.69, 9.17) is 5.73 Å². The summed E-state index contributed by atoms with van der Waals surface area (Å²) in [5.74, 6) is 0.514. The van der Waals surface area contributed by atoms with Crippen LogP contribution in [0.3, 0.4) is 0 Å². The van der Waals surface area contributed by atoms with Crippen molar-refractivity contribution in [1.82, 2.24) is 5.32 Å². The summed E-state index contributed by atoms with van der Waals surface area (Å²) >= 11 is 0. The van der Waals surface area contributed by atoms with Crippen molar-refractivity contribution >= 4 is 5.91 Å². The number of amides is 1. The number of nitrogens with one attached hydrogen (secondary N) is 1. The molecule has 1 aliphatic heterocycles. The minimum absolute atomic E-state index is 0.0484. The lowest BCUT2D eigenvalue weighted by Crippen LogP contribution is -2.14. The predicted molar refractivity (Wildman–Crippen MR) is 59.5 cm³/mol. The van der Waals surface area contributed by atoms with E-state index in [0.717, 1.165) is 17.5 Å². The van der Waals surface area contributed by atoms with Crippen molar-refractivity contribution in [3.8, 4) is 0 Å². The predicted octanol–water partition coefficient (Wildman–Crippen LogP) is 1.07. The van der Waals surface area contributed by atoms with Gasteiger partial charge in [-0.2, -0.15) is 0 Å².